The van der Waals surface area contributed by atoms with E-state index in [0.717, 1.165) is 5.56 Å². The quantitative estimate of drug-likeness (QED) is 0.647. The van der Waals surface area contributed by atoms with Gasteiger partial charge in [0.2, 0.25) is 9.70 Å². The molecule has 0 fully saturated rings. The zero-order valence-electron chi connectivity index (χ0n) is 10.7. The number of halogens is 3. The van der Waals surface area contributed by atoms with Crippen LogP contribution in [0.4, 0.5) is 0 Å². The first-order valence-corrected chi connectivity index (χ1v) is 6.93. The summed E-state index contributed by atoms with van der Waals surface area (Å²) in [4.78, 5) is 15.7. The molecule has 19 heavy (non-hydrogen) atoms. The third kappa shape index (κ3) is 5.95. The summed E-state index contributed by atoms with van der Waals surface area (Å²) in [6.45, 7) is 3.97. The van der Waals surface area contributed by atoms with Crippen molar-refractivity contribution < 1.29 is 4.79 Å². The van der Waals surface area contributed by atoms with Crippen LogP contribution in [0.15, 0.2) is 24.5 Å². The maximum Gasteiger partial charge on any atom is 0.223 e. The largest absolute Gasteiger partial charge is 0.336 e. The molecule has 1 amide bonds. The molecule has 0 aliphatic heterocycles. The highest BCUT2D eigenvalue weighted by Gasteiger charge is 2.33. The average molecular weight is 325 g/mol. The number of amides is 1. The highest BCUT2D eigenvalue weighted by Crippen LogP contribution is 2.29. The van der Waals surface area contributed by atoms with Gasteiger partial charge in [0.15, 0.2) is 0 Å². The standard InChI is InChI=1S/C12H16Cl3N3O/c1-8(2)10(19)18-11(12(13,14)15)17-7-9-4-3-5-16-6-9/h3-6,8,11,17H,7H2,1-2H3,(H,18,19). The Morgan fingerprint density at radius 1 is 1.42 bits per heavy atom. The van der Waals surface area contributed by atoms with E-state index in [-0.39, 0.29) is 11.8 Å². The summed E-state index contributed by atoms with van der Waals surface area (Å²) in [7, 11) is 0. The first-order valence-electron chi connectivity index (χ1n) is 5.80. The van der Waals surface area contributed by atoms with E-state index in [0.29, 0.717) is 6.54 Å². The molecular formula is C12H16Cl3N3O. The van der Waals surface area contributed by atoms with Gasteiger partial charge in [-0.25, -0.2) is 0 Å². The molecule has 7 heteroatoms. The van der Waals surface area contributed by atoms with Gasteiger partial charge in [0, 0.05) is 24.9 Å². The van der Waals surface area contributed by atoms with Crippen molar-refractivity contribution in [3.63, 3.8) is 0 Å². The fourth-order valence-corrected chi connectivity index (χ4v) is 1.68. The van der Waals surface area contributed by atoms with Gasteiger partial charge in [0.1, 0.15) is 6.17 Å². The van der Waals surface area contributed by atoms with Gasteiger partial charge in [-0.1, -0.05) is 54.7 Å². The lowest BCUT2D eigenvalue weighted by Gasteiger charge is -2.27. The fourth-order valence-electron chi connectivity index (χ4n) is 1.28. The monoisotopic (exact) mass is 323 g/mol. The molecule has 1 aromatic rings. The Hall–Kier alpha value is -0.550. The molecule has 0 saturated heterocycles. The normalized spacial score (nSPS) is 13.4. The second-order valence-electron chi connectivity index (χ2n) is 4.38. The van der Waals surface area contributed by atoms with E-state index in [4.69, 9.17) is 34.8 Å². The van der Waals surface area contributed by atoms with Crippen molar-refractivity contribution in [2.45, 2.75) is 30.4 Å². The Morgan fingerprint density at radius 2 is 2.11 bits per heavy atom. The number of nitrogens with one attached hydrogen (secondary N) is 2. The van der Waals surface area contributed by atoms with Gasteiger partial charge in [0.25, 0.3) is 0 Å². The molecule has 0 aliphatic rings. The van der Waals surface area contributed by atoms with Crippen LogP contribution in [0.3, 0.4) is 0 Å². The summed E-state index contributed by atoms with van der Waals surface area (Å²) in [6.07, 6.45) is 2.61. The van der Waals surface area contributed by atoms with Gasteiger partial charge in [-0.2, -0.15) is 0 Å². The van der Waals surface area contributed by atoms with Gasteiger partial charge >= 0.3 is 0 Å². The number of carbonyl (C=O) groups excluding carboxylic acids is 1. The molecule has 0 radical (unpaired) electrons. The van der Waals surface area contributed by atoms with E-state index in [2.05, 4.69) is 15.6 Å². The van der Waals surface area contributed by atoms with Crippen LogP contribution in [-0.2, 0) is 11.3 Å². The molecule has 0 saturated carbocycles. The maximum absolute atomic E-state index is 11.7. The summed E-state index contributed by atoms with van der Waals surface area (Å²) in [5.41, 5.74) is 0.931. The zero-order valence-corrected chi connectivity index (χ0v) is 12.9. The minimum atomic E-state index is -1.63. The van der Waals surface area contributed by atoms with Crippen LogP contribution >= 0.6 is 34.8 Å². The molecule has 2 N–H and O–H groups in total. The Kier molecular flexibility index (Phi) is 6.33. The van der Waals surface area contributed by atoms with E-state index < -0.39 is 9.96 Å². The highest BCUT2D eigenvalue weighted by atomic mass is 35.6. The number of nitrogens with zero attached hydrogens (tertiary/aromatic N) is 1. The molecule has 0 bridgehead atoms. The third-order valence-corrected chi connectivity index (χ3v) is 3.03. The lowest BCUT2D eigenvalue weighted by molar-refractivity contribution is -0.124. The molecule has 106 valence electrons. The maximum atomic E-state index is 11.7. The molecule has 1 unspecified atom stereocenters. The molecule has 1 heterocycles. The molecule has 4 nitrogen and oxygen atoms in total. The second kappa shape index (κ2) is 7.29. The van der Waals surface area contributed by atoms with Gasteiger partial charge in [-0.05, 0) is 11.6 Å². The average Bonchev–Trinajstić information content (AvgIpc) is 2.33. The first-order chi connectivity index (χ1) is 8.80. The summed E-state index contributed by atoms with van der Waals surface area (Å²) in [6, 6.07) is 3.70. The van der Waals surface area contributed by atoms with Crippen LogP contribution in [0.2, 0.25) is 0 Å². The number of aromatic nitrogens is 1. The van der Waals surface area contributed by atoms with E-state index >= 15 is 0 Å². The van der Waals surface area contributed by atoms with Gasteiger partial charge < -0.3 is 5.32 Å². The highest BCUT2D eigenvalue weighted by molar-refractivity contribution is 6.68. The van der Waals surface area contributed by atoms with Crippen LogP contribution in [0.25, 0.3) is 0 Å². The van der Waals surface area contributed by atoms with E-state index in [1.165, 1.54) is 0 Å². The van der Waals surface area contributed by atoms with E-state index in [1.54, 1.807) is 26.2 Å². The summed E-state index contributed by atoms with van der Waals surface area (Å²) in [5.74, 6) is -0.370. The molecule has 0 spiro atoms. The van der Waals surface area contributed by atoms with Crippen LogP contribution in [0.5, 0.6) is 0 Å². The number of hydrogen-bond donors (Lipinski definition) is 2. The SMILES string of the molecule is CC(C)C(=O)NC(NCc1cccnc1)C(Cl)(Cl)Cl. The third-order valence-electron chi connectivity index (χ3n) is 2.37. The molecule has 1 atom stereocenters. The number of rotatable bonds is 5. The van der Waals surface area contributed by atoms with Gasteiger partial charge in [-0.15, -0.1) is 0 Å². The van der Waals surface area contributed by atoms with Crippen LogP contribution in [0.1, 0.15) is 19.4 Å². The van der Waals surface area contributed by atoms with Crippen molar-refractivity contribution in [2.75, 3.05) is 0 Å². The Morgan fingerprint density at radius 3 is 2.58 bits per heavy atom. The van der Waals surface area contributed by atoms with Crippen molar-refractivity contribution in [3.05, 3.63) is 30.1 Å². The minimum absolute atomic E-state index is 0.185. The molecular weight excluding hydrogens is 309 g/mol. The summed E-state index contributed by atoms with van der Waals surface area (Å²) < 4.78 is -1.63. The number of pyridine rings is 1. The van der Waals surface area contributed by atoms with E-state index in [9.17, 15) is 4.79 Å². The topological polar surface area (TPSA) is 54.0 Å². The van der Waals surface area contributed by atoms with Crippen molar-refractivity contribution >= 4 is 40.7 Å². The number of hydrogen-bond acceptors (Lipinski definition) is 3. The Labute approximate surface area is 127 Å². The van der Waals surface area contributed by atoms with E-state index in [1.807, 2.05) is 12.1 Å². The predicted octanol–water partition coefficient (Wildman–Crippen LogP) is 2.64. The van der Waals surface area contributed by atoms with Crippen LogP contribution in [0, 0.1) is 5.92 Å². The Balaban J connectivity index is 2.63. The van der Waals surface area contributed by atoms with Crippen molar-refractivity contribution in [2.24, 2.45) is 5.92 Å². The molecule has 0 aromatic carbocycles. The number of alkyl halides is 3. The predicted molar refractivity (Wildman–Crippen MR) is 78.1 cm³/mol. The fraction of sp³-hybridized carbons (Fsp3) is 0.500. The lowest BCUT2D eigenvalue weighted by atomic mass is 10.2. The van der Waals surface area contributed by atoms with Gasteiger partial charge in [0.05, 0.1) is 0 Å². The summed E-state index contributed by atoms with van der Waals surface area (Å²) in [5, 5.41) is 5.65. The summed E-state index contributed by atoms with van der Waals surface area (Å²) >= 11 is 17.6. The van der Waals surface area contributed by atoms with Crippen LogP contribution < -0.4 is 10.6 Å². The molecule has 1 rings (SSSR count). The van der Waals surface area contributed by atoms with Gasteiger partial charge in [-0.3, -0.25) is 15.1 Å². The lowest BCUT2D eigenvalue weighted by Crippen LogP contribution is -2.54. The second-order valence-corrected chi connectivity index (χ2v) is 6.75. The Bertz CT molecular complexity index is 406. The molecule has 1 aromatic heterocycles. The zero-order chi connectivity index (χ0) is 14.5. The minimum Gasteiger partial charge on any atom is -0.336 e. The van der Waals surface area contributed by atoms with Crippen molar-refractivity contribution in [1.82, 2.24) is 15.6 Å². The van der Waals surface area contributed by atoms with Crippen molar-refractivity contribution in [3.8, 4) is 0 Å². The van der Waals surface area contributed by atoms with Crippen LogP contribution in [-0.4, -0.2) is 20.8 Å². The number of carbonyl (C=O) groups is 1. The smallest absolute Gasteiger partial charge is 0.223 e. The first kappa shape index (κ1) is 16.5. The van der Waals surface area contributed by atoms with Crippen molar-refractivity contribution in [1.29, 1.82) is 0 Å². The molecule has 0 aliphatic carbocycles.